The SMILES string of the molecule is O=C(/C=C/C(=O)OCc1cccc2ccccc12)OCc1cccc2ccccc12. The van der Waals surface area contributed by atoms with Crippen LogP contribution >= 0.6 is 0 Å². The fourth-order valence-electron chi connectivity index (χ4n) is 3.37. The highest BCUT2D eigenvalue weighted by atomic mass is 16.5. The van der Waals surface area contributed by atoms with Crippen molar-refractivity contribution in [3.63, 3.8) is 0 Å². The average Bonchev–Trinajstić information content (AvgIpc) is 2.80. The molecule has 0 saturated heterocycles. The van der Waals surface area contributed by atoms with E-state index < -0.39 is 11.9 Å². The molecular formula is C26H20O4. The Labute approximate surface area is 174 Å². The molecule has 0 N–H and O–H groups in total. The van der Waals surface area contributed by atoms with Crippen LogP contribution in [0.3, 0.4) is 0 Å². The predicted molar refractivity (Wildman–Crippen MR) is 117 cm³/mol. The molecule has 0 aliphatic carbocycles. The standard InChI is InChI=1S/C26H20O4/c27-25(29-17-21-11-5-9-19-7-1-3-13-23(19)21)15-16-26(28)30-18-22-12-6-10-20-8-2-4-14-24(20)22/h1-16H,17-18H2/b16-15+. The van der Waals surface area contributed by atoms with Crippen molar-refractivity contribution in [2.75, 3.05) is 0 Å². The minimum atomic E-state index is -0.593. The minimum Gasteiger partial charge on any atom is -0.458 e. The maximum Gasteiger partial charge on any atom is 0.331 e. The molecule has 30 heavy (non-hydrogen) atoms. The average molecular weight is 396 g/mol. The number of esters is 2. The summed E-state index contributed by atoms with van der Waals surface area (Å²) in [5.41, 5.74) is 1.82. The van der Waals surface area contributed by atoms with E-state index >= 15 is 0 Å². The van der Waals surface area contributed by atoms with E-state index in [4.69, 9.17) is 9.47 Å². The van der Waals surface area contributed by atoms with E-state index in [0.29, 0.717) is 0 Å². The Kier molecular flexibility index (Phi) is 5.85. The van der Waals surface area contributed by atoms with Crippen molar-refractivity contribution >= 4 is 33.5 Å². The zero-order valence-electron chi connectivity index (χ0n) is 16.3. The number of benzene rings is 4. The molecule has 148 valence electrons. The Bertz CT molecular complexity index is 1130. The summed E-state index contributed by atoms with van der Waals surface area (Å²) in [6, 6.07) is 27.5. The van der Waals surface area contributed by atoms with E-state index in [1.165, 1.54) is 0 Å². The number of fused-ring (bicyclic) bond motifs is 2. The molecule has 4 nitrogen and oxygen atoms in total. The van der Waals surface area contributed by atoms with Crippen molar-refractivity contribution in [2.24, 2.45) is 0 Å². The Morgan fingerprint density at radius 2 is 0.967 bits per heavy atom. The van der Waals surface area contributed by atoms with E-state index in [-0.39, 0.29) is 13.2 Å². The maximum absolute atomic E-state index is 12.0. The highest BCUT2D eigenvalue weighted by Crippen LogP contribution is 2.20. The molecular weight excluding hydrogens is 376 g/mol. The Morgan fingerprint density at radius 3 is 1.43 bits per heavy atom. The molecule has 0 spiro atoms. The molecule has 0 aromatic heterocycles. The van der Waals surface area contributed by atoms with Gasteiger partial charge in [-0.25, -0.2) is 9.59 Å². The summed E-state index contributed by atoms with van der Waals surface area (Å²) in [4.78, 5) is 24.0. The van der Waals surface area contributed by atoms with Crippen molar-refractivity contribution in [2.45, 2.75) is 13.2 Å². The molecule has 0 fully saturated rings. The van der Waals surface area contributed by atoms with Gasteiger partial charge in [-0.15, -0.1) is 0 Å². The van der Waals surface area contributed by atoms with Crippen LogP contribution in [0.1, 0.15) is 11.1 Å². The second-order valence-corrected chi connectivity index (χ2v) is 6.83. The Hall–Kier alpha value is -3.92. The van der Waals surface area contributed by atoms with Crippen molar-refractivity contribution in [3.8, 4) is 0 Å². The van der Waals surface area contributed by atoms with Crippen LogP contribution in [-0.2, 0) is 32.3 Å². The van der Waals surface area contributed by atoms with Crippen molar-refractivity contribution in [3.05, 3.63) is 108 Å². The molecule has 0 amide bonds. The third kappa shape index (κ3) is 4.55. The first-order valence-corrected chi connectivity index (χ1v) is 9.65. The molecule has 4 rings (SSSR count). The van der Waals surface area contributed by atoms with E-state index in [9.17, 15) is 9.59 Å². The molecule has 4 aromatic rings. The number of carbonyl (C=O) groups is 2. The van der Waals surface area contributed by atoms with E-state index in [1.54, 1.807) is 0 Å². The molecule has 4 heteroatoms. The zero-order valence-corrected chi connectivity index (χ0v) is 16.3. The number of rotatable bonds is 6. The van der Waals surface area contributed by atoms with Crippen LogP contribution in [-0.4, -0.2) is 11.9 Å². The highest BCUT2D eigenvalue weighted by molar-refractivity contribution is 5.92. The molecule has 0 atom stereocenters. The van der Waals surface area contributed by atoms with Gasteiger partial charge in [-0.05, 0) is 32.7 Å². The van der Waals surface area contributed by atoms with Crippen LogP contribution in [0.5, 0.6) is 0 Å². The molecule has 0 bridgehead atoms. The summed E-state index contributed by atoms with van der Waals surface area (Å²) in [5.74, 6) is -1.19. The lowest BCUT2D eigenvalue weighted by atomic mass is 10.1. The second kappa shape index (κ2) is 9.05. The van der Waals surface area contributed by atoms with Gasteiger partial charge in [-0.3, -0.25) is 0 Å². The van der Waals surface area contributed by atoms with Crippen LogP contribution in [0.2, 0.25) is 0 Å². The van der Waals surface area contributed by atoms with E-state index in [2.05, 4.69) is 0 Å². The summed E-state index contributed by atoms with van der Waals surface area (Å²) >= 11 is 0. The first-order chi connectivity index (χ1) is 14.7. The van der Waals surface area contributed by atoms with Crippen molar-refractivity contribution in [1.29, 1.82) is 0 Å². The number of hydrogen-bond acceptors (Lipinski definition) is 4. The third-order valence-electron chi connectivity index (χ3n) is 4.86. The summed E-state index contributed by atoms with van der Waals surface area (Å²) in [7, 11) is 0. The van der Waals surface area contributed by atoms with Crippen molar-refractivity contribution < 1.29 is 19.1 Å². The topological polar surface area (TPSA) is 52.6 Å². The lowest BCUT2D eigenvalue weighted by molar-refractivity contribution is -0.141. The van der Waals surface area contributed by atoms with Gasteiger partial charge in [0.05, 0.1) is 0 Å². The van der Waals surface area contributed by atoms with Gasteiger partial charge < -0.3 is 9.47 Å². The zero-order chi connectivity index (χ0) is 20.8. The van der Waals surface area contributed by atoms with Crippen LogP contribution in [0, 0.1) is 0 Å². The van der Waals surface area contributed by atoms with Crippen LogP contribution in [0.25, 0.3) is 21.5 Å². The lowest BCUT2D eigenvalue weighted by Gasteiger charge is -2.07. The lowest BCUT2D eigenvalue weighted by Crippen LogP contribution is -2.05. The first-order valence-electron chi connectivity index (χ1n) is 9.65. The quantitative estimate of drug-likeness (QED) is 0.326. The number of hydrogen-bond donors (Lipinski definition) is 0. The smallest absolute Gasteiger partial charge is 0.331 e. The summed E-state index contributed by atoms with van der Waals surface area (Å²) < 4.78 is 10.5. The van der Waals surface area contributed by atoms with Crippen LogP contribution < -0.4 is 0 Å². The van der Waals surface area contributed by atoms with Gasteiger partial charge in [0, 0.05) is 12.2 Å². The molecule has 0 aliphatic rings. The molecule has 0 saturated carbocycles. The van der Waals surface area contributed by atoms with Gasteiger partial charge >= 0.3 is 11.9 Å². The van der Waals surface area contributed by atoms with Gasteiger partial charge in [-0.1, -0.05) is 84.9 Å². The van der Waals surface area contributed by atoms with Crippen LogP contribution in [0.15, 0.2) is 97.1 Å². The summed E-state index contributed by atoms with van der Waals surface area (Å²) in [6.07, 6.45) is 2.19. The second-order valence-electron chi connectivity index (χ2n) is 6.83. The predicted octanol–water partition coefficient (Wildman–Crippen LogP) is 5.34. The van der Waals surface area contributed by atoms with Gasteiger partial charge in [0.2, 0.25) is 0 Å². The highest BCUT2D eigenvalue weighted by Gasteiger charge is 2.06. The number of ether oxygens (including phenoxy) is 2. The molecule has 0 unspecified atom stereocenters. The largest absolute Gasteiger partial charge is 0.458 e. The van der Waals surface area contributed by atoms with E-state index in [1.807, 2.05) is 84.9 Å². The van der Waals surface area contributed by atoms with Gasteiger partial charge in [0.25, 0.3) is 0 Å². The minimum absolute atomic E-state index is 0.135. The Morgan fingerprint density at radius 1 is 0.567 bits per heavy atom. The molecule has 0 aliphatic heterocycles. The first kappa shape index (κ1) is 19.4. The molecule has 4 aromatic carbocycles. The van der Waals surface area contributed by atoms with Gasteiger partial charge in [-0.2, -0.15) is 0 Å². The van der Waals surface area contributed by atoms with E-state index in [0.717, 1.165) is 44.8 Å². The fourth-order valence-corrected chi connectivity index (χ4v) is 3.37. The maximum atomic E-state index is 12.0. The summed E-state index contributed by atoms with van der Waals surface area (Å²) in [5, 5.41) is 4.23. The van der Waals surface area contributed by atoms with Gasteiger partial charge in [0.1, 0.15) is 13.2 Å². The Balaban J connectivity index is 1.32. The third-order valence-corrected chi connectivity index (χ3v) is 4.86. The van der Waals surface area contributed by atoms with Crippen molar-refractivity contribution in [1.82, 2.24) is 0 Å². The molecule has 0 radical (unpaired) electrons. The number of carbonyl (C=O) groups excluding carboxylic acids is 2. The normalized spacial score (nSPS) is 11.1. The van der Waals surface area contributed by atoms with Gasteiger partial charge in [0.15, 0.2) is 0 Å². The van der Waals surface area contributed by atoms with Crippen LogP contribution in [0.4, 0.5) is 0 Å². The fraction of sp³-hybridized carbons (Fsp3) is 0.0769. The monoisotopic (exact) mass is 396 g/mol. The molecule has 0 heterocycles. The summed E-state index contributed by atoms with van der Waals surface area (Å²) in [6.45, 7) is 0.269.